The van der Waals surface area contributed by atoms with E-state index in [1.807, 2.05) is 0 Å². The molecule has 1 aliphatic rings. The highest BCUT2D eigenvalue weighted by atomic mass is 15.0. The quantitative estimate of drug-likeness (QED) is 0.734. The lowest BCUT2D eigenvalue weighted by Gasteiger charge is -2.11. The normalized spacial score (nSPS) is 19.7. The predicted octanol–water partition coefficient (Wildman–Crippen LogP) is 2.13. The first-order valence-electron chi connectivity index (χ1n) is 6.90. The molecular formula is C15H24N2. The lowest BCUT2D eigenvalue weighted by atomic mass is 10.1. The van der Waals surface area contributed by atoms with Crippen LogP contribution in [0.4, 0.5) is 0 Å². The number of nitrogens with one attached hydrogen (secondary N) is 2. The second-order valence-corrected chi connectivity index (χ2v) is 4.92. The van der Waals surface area contributed by atoms with Gasteiger partial charge in [0.2, 0.25) is 0 Å². The average Bonchev–Trinajstić information content (AvgIpc) is 2.88. The van der Waals surface area contributed by atoms with Gasteiger partial charge in [-0.3, -0.25) is 0 Å². The third kappa shape index (κ3) is 4.14. The van der Waals surface area contributed by atoms with E-state index in [0.29, 0.717) is 6.04 Å². The molecule has 1 heterocycles. The van der Waals surface area contributed by atoms with Crippen molar-refractivity contribution in [3.63, 3.8) is 0 Å². The fourth-order valence-electron chi connectivity index (χ4n) is 2.38. The van der Waals surface area contributed by atoms with E-state index >= 15 is 0 Å². The van der Waals surface area contributed by atoms with E-state index in [1.54, 1.807) is 0 Å². The highest BCUT2D eigenvalue weighted by Gasteiger charge is 2.12. The van der Waals surface area contributed by atoms with Crippen LogP contribution in [0.3, 0.4) is 0 Å². The summed E-state index contributed by atoms with van der Waals surface area (Å²) in [6, 6.07) is 9.71. The first-order chi connectivity index (χ1) is 8.38. The van der Waals surface area contributed by atoms with Crippen LogP contribution in [0.2, 0.25) is 0 Å². The minimum Gasteiger partial charge on any atom is -0.315 e. The van der Waals surface area contributed by atoms with Gasteiger partial charge in [-0.05, 0) is 49.9 Å². The minimum atomic E-state index is 0.706. The van der Waals surface area contributed by atoms with Gasteiger partial charge in [0, 0.05) is 12.6 Å². The third-order valence-corrected chi connectivity index (χ3v) is 3.57. The van der Waals surface area contributed by atoms with Gasteiger partial charge in [0.15, 0.2) is 0 Å². The van der Waals surface area contributed by atoms with Crippen molar-refractivity contribution in [2.24, 2.45) is 0 Å². The van der Waals surface area contributed by atoms with Gasteiger partial charge < -0.3 is 10.6 Å². The molecule has 1 aromatic carbocycles. The van der Waals surface area contributed by atoms with Crippen molar-refractivity contribution in [2.45, 2.75) is 38.6 Å². The lowest BCUT2D eigenvalue weighted by Crippen LogP contribution is -2.34. The monoisotopic (exact) mass is 232 g/mol. The summed E-state index contributed by atoms with van der Waals surface area (Å²) < 4.78 is 0. The van der Waals surface area contributed by atoms with E-state index in [2.05, 4.69) is 41.8 Å². The molecule has 0 saturated carbocycles. The lowest BCUT2D eigenvalue weighted by molar-refractivity contribution is 0.537. The van der Waals surface area contributed by atoms with Gasteiger partial charge in [-0.2, -0.15) is 0 Å². The molecule has 94 valence electrons. The zero-order chi connectivity index (χ0) is 11.9. The molecule has 1 fully saturated rings. The van der Waals surface area contributed by atoms with Crippen LogP contribution in [-0.2, 0) is 12.8 Å². The molecule has 1 unspecified atom stereocenters. The molecule has 0 radical (unpaired) electrons. The molecule has 0 aromatic heterocycles. The maximum Gasteiger partial charge on any atom is 0.0192 e. The number of hydrogen-bond donors (Lipinski definition) is 2. The molecule has 1 aromatic rings. The van der Waals surface area contributed by atoms with Crippen molar-refractivity contribution in [2.75, 3.05) is 19.6 Å². The standard InChI is InChI=1S/C15H24N2/c1-2-13-5-7-14(8-6-13)9-11-16-12-15-4-3-10-17-15/h5-8,15-17H,2-4,9-12H2,1H3. The molecule has 2 heteroatoms. The SMILES string of the molecule is CCc1ccc(CCNCC2CCCN2)cc1. The second-order valence-electron chi connectivity index (χ2n) is 4.92. The topological polar surface area (TPSA) is 24.1 Å². The van der Waals surface area contributed by atoms with Gasteiger partial charge in [-0.25, -0.2) is 0 Å². The Kier molecular flexibility index (Phi) is 5.02. The Hall–Kier alpha value is -0.860. The van der Waals surface area contributed by atoms with Crippen LogP contribution in [-0.4, -0.2) is 25.7 Å². The molecule has 0 spiro atoms. The number of benzene rings is 1. The van der Waals surface area contributed by atoms with E-state index in [9.17, 15) is 0 Å². The summed E-state index contributed by atoms with van der Waals surface area (Å²) in [7, 11) is 0. The Labute approximate surface area is 105 Å². The molecule has 17 heavy (non-hydrogen) atoms. The molecule has 0 bridgehead atoms. The van der Waals surface area contributed by atoms with Gasteiger partial charge in [0.25, 0.3) is 0 Å². The summed E-state index contributed by atoms with van der Waals surface area (Å²) >= 11 is 0. The first kappa shape index (κ1) is 12.6. The van der Waals surface area contributed by atoms with Crippen molar-refractivity contribution in [3.05, 3.63) is 35.4 Å². The van der Waals surface area contributed by atoms with Gasteiger partial charge in [-0.15, -0.1) is 0 Å². The summed E-state index contributed by atoms with van der Waals surface area (Å²) in [6.45, 7) is 5.60. The van der Waals surface area contributed by atoms with Gasteiger partial charge in [-0.1, -0.05) is 31.2 Å². The van der Waals surface area contributed by atoms with E-state index in [4.69, 9.17) is 0 Å². The summed E-state index contributed by atoms with van der Waals surface area (Å²) in [5.41, 5.74) is 2.87. The van der Waals surface area contributed by atoms with Crippen molar-refractivity contribution in [1.29, 1.82) is 0 Å². The fourth-order valence-corrected chi connectivity index (χ4v) is 2.38. The van der Waals surface area contributed by atoms with Gasteiger partial charge in [0.1, 0.15) is 0 Å². The van der Waals surface area contributed by atoms with E-state index in [-0.39, 0.29) is 0 Å². The minimum absolute atomic E-state index is 0.706. The van der Waals surface area contributed by atoms with E-state index in [1.165, 1.54) is 30.5 Å². The van der Waals surface area contributed by atoms with E-state index < -0.39 is 0 Å². The number of aryl methyl sites for hydroxylation is 1. The van der Waals surface area contributed by atoms with Crippen molar-refractivity contribution in [1.82, 2.24) is 10.6 Å². The maximum absolute atomic E-state index is 3.54. The molecule has 1 saturated heterocycles. The Balaban J connectivity index is 1.63. The van der Waals surface area contributed by atoms with E-state index in [0.717, 1.165) is 25.9 Å². The van der Waals surface area contributed by atoms with Crippen LogP contribution >= 0.6 is 0 Å². The smallest absolute Gasteiger partial charge is 0.0192 e. The number of hydrogen-bond acceptors (Lipinski definition) is 2. The second kappa shape index (κ2) is 6.77. The average molecular weight is 232 g/mol. The molecule has 0 aliphatic carbocycles. The van der Waals surface area contributed by atoms with Crippen LogP contribution in [0.5, 0.6) is 0 Å². The zero-order valence-electron chi connectivity index (χ0n) is 10.8. The molecule has 1 atom stereocenters. The van der Waals surface area contributed by atoms with Crippen molar-refractivity contribution < 1.29 is 0 Å². The summed E-state index contributed by atoms with van der Waals surface area (Å²) in [5.74, 6) is 0. The largest absolute Gasteiger partial charge is 0.315 e. The summed E-state index contributed by atoms with van der Waals surface area (Å²) in [4.78, 5) is 0. The Morgan fingerprint density at radius 2 is 2.00 bits per heavy atom. The molecule has 2 rings (SSSR count). The number of rotatable bonds is 6. The van der Waals surface area contributed by atoms with Crippen LogP contribution in [0.25, 0.3) is 0 Å². The summed E-state index contributed by atoms with van der Waals surface area (Å²) in [5, 5.41) is 7.05. The van der Waals surface area contributed by atoms with Crippen LogP contribution in [0, 0.1) is 0 Å². The Bertz CT molecular complexity index is 312. The van der Waals surface area contributed by atoms with Crippen molar-refractivity contribution in [3.8, 4) is 0 Å². The van der Waals surface area contributed by atoms with Crippen LogP contribution < -0.4 is 10.6 Å². The molecule has 1 aliphatic heterocycles. The Morgan fingerprint density at radius 3 is 2.65 bits per heavy atom. The highest BCUT2D eigenvalue weighted by Crippen LogP contribution is 2.06. The van der Waals surface area contributed by atoms with Gasteiger partial charge >= 0.3 is 0 Å². The van der Waals surface area contributed by atoms with Crippen LogP contribution in [0.15, 0.2) is 24.3 Å². The highest BCUT2D eigenvalue weighted by molar-refractivity contribution is 5.22. The van der Waals surface area contributed by atoms with Crippen molar-refractivity contribution >= 4 is 0 Å². The third-order valence-electron chi connectivity index (χ3n) is 3.57. The maximum atomic E-state index is 3.54. The molecular weight excluding hydrogens is 208 g/mol. The Morgan fingerprint density at radius 1 is 1.24 bits per heavy atom. The molecule has 2 nitrogen and oxygen atoms in total. The zero-order valence-corrected chi connectivity index (χ0v) is 10.8. The fraction of sp³-hybridized carbons (Fsp3) is 0.600. The molecule has 0 amide bonds. The first-order valence-corrected chi connectivity index (χ1v) is 6.90. The van der Waals surface area contributed by atoms with Crippen LogP contribution in [0.1, 0.15) is 30.9 Å². The predicted molar refractivity (Wildman–Crippen MR) is 73.4 cm³/mol. The van der Waals surface area contributed by atoms with Gasteiger partial charge in [0.05, 0.1) is 0 Å². The summed E-state index contributed by atoms with van der Waals surface area (Å²) in [6.07, 6.45) is 4.94. The molecule has 2 N–H and O–H groups in total.